The number of carbonyl (C=O) groups excluding carboxylic acids is 1. The molecule has 9 nitrogen and oxygen atoms in total. The highest BCUT2D eigenvalue weighted by Gasteiger charge is 2.53. The Bertz CT molecular complexity index is 1590. The van der Waals surface area contributed by atoms with Gasteiger partial charge in [-0.25, -0.2) is 9.78 Å². The van der Waals surface area contributed by atoms with Crippen molar-refractivity contribution in [1.29, 1.82) is 0 Å². The van der Waals surface area contributed by atoms with Crippen LogP contribution in [0.1, 0.15) is 32.8 Å². The zero-order chi connectivity index (χ0) is 31.4. The number of rotatable bonds is 6. The number of hydrogen-bond acceptors (Lipinski definition) is 7. The lowest BCUT2D eigenvalue weighted by atomic mass is 9.90. The van der Waals surface area contributed by atoms with Crippen molar-refractivity contribution >= 4 is 45.2 Å². The van der Waals surface area contributed by atoms with Crippen molar-refractivity contribution in [3.63, 3.8) is 0 Å². The number of pyridine rings is 2. The largest absolute Gasteiger partial charge is 0.475 e. The van der Waals surface area contributed by atoms with Gasteiger partial charge in [-0.1, -0.05) is 36.7 Å². The number of urea groups is 1. The number of nitrogens with zero attached hydrogens (tertiary/aromatic N) is 4. The number of nitrogens with one attached hydrogen (secondary N) is 1. The van der Waals surface area contributed by atoms with Gasteiger partial charge in [0.15, 0.2) is 11.6 Å². The summed E-state index contributed by atoms with van der Waals surface area (Å²) in [5.74, 6) is 0.262. The quantitative estimate of drug-likeness (QED) is 0.353. The first-order valence-corrected chi connectivity index (χ1v) is 15.9. The summed E-state index contributed by atoms with van der Waals surface area (Å²) in [5.41, 5.74) is -0.166. The van der Waals surface area contributed by atoms with Gasteiger partial charge in [-0.2, -0.15) is 18.2 Å². The lowest BCUT2D eigenvalue weighted by Crippen LogP contribution is -2.60. The number of alkyl halides is 3. The molecule has 2 amide bonds. The summed E-state index contributed by atoms with van der Waals surface area (Å²) in [7, 11) is 0.799. The molecule has 6 rings (SSSR count). The lowest BCUT2D eigenvalue weighted by molar-refractivity contribution is -0.141. The minimum absolute atomic E-state index is 0.168. The van der Waals surface area contributed by atoms with Crippen molar-refractivity contribution in [1.82, 2.24) is 9.97 Å². The zero-order valence-electron chi connectivity index (χ0n) is 24.7. The van der Waals surface area contributed by atoms with Crippen LogP contribution in [0.5, 0.6) is 5.88 Å². The molecule has 0 spiro atoms. The number of halogens is 4. The van der Waals surface area contributed by atoms with Gasteiger partial charge < -0.3 is 19.1 Å². The molecule has 2 bridgehead atoms. The van der Waals surface area contributed by atoms with E-state index in [1.165, 1.54) is 12.1 Å². The van der Waals surface area contributed by atoms with Crippen molar-refractivity contribution in [2.24, 2.45) is 0 Å². The molecular formula is C30H33ClF3N5O4Si. The predicted octanol–water partition coefficient (Wildman–Crippen LogP) is 5.52. The zero-order valence-corrected chi connectivity index (χ0v) is 27.5. The van der Waals surface area contributed by atoms with E-state index in [0.29, 0.717) is 43.5 Å². The first-order valence-electron chi connectivity index (χ1n) is 14.4. The number of anilines is 3. The molecule has 3 aromatic rings. The summed E-state index contributed by atoms with van der Waals surface area (Å²) in [4.78, 5) is 27.2. The molecule has 5 heterocycles. The molecule has 1 unspecified atom stereocenters. The molecule has 1 aromatic carbocycles. The van der Waals surface area contributed by atoms with Gasteiger partial charge >= 0.3 is 12.2 Å². The molecule has 3 atom stereocenters. The first-order chi connectivity index (χ1) is 20.8. The maximum Gasteiger partial charge on any atom is 0.416 e. The monoisotopic (exact) mass is 647 g/mol. The highest BCUT2D eigenvalue weighted by Crippen LogP contribution is 2.51. The van der Waals surface area contributed by atoms with E-state index in [9.17, 15) is 18.0 Å². The summed E-state index contributed by atoms with van der Waals surface area (Å²) in [6.45, 7) is 7.68. The van der Waals surface area contributed by atoms with Gasteiger partial charge in [0.25, 0.3) is 0 Å². The van der Waals surface area contributed by atoms with E-state index in [1.54, 1.807) is 29.2 Å². The second-order valence-corrected chi connectivity index (χ2v) is 14.2. The van der Waals surface area contributed by atoms with E-state index in [-0.39, 0.29) is 40.3 Å². The van der Waals surface area contributed by atoms with Crippen molar-refractivity contribution in [2.45, 2.75) is 56.3 Å². The molecule has 3 aliphatic rings. The van der Waals surface area contributed by atoms with E-state index in [4.69, 9.17) is 30.8 Å². The molecule has 2 aromatic heterocycles. The molecule has 0 aliphatic carbocycles. The van der Waals surface area contributed by atoms with E-state index in [2.05, 4.69) is 22.1 Å². The molecule has 0 saturated carbocycles. The maximum absolute atomic E-state index is 14.2. The van der Waals surface area contributed by atoms with Gasteiger partial charge in [-0.05, 0) is 50.1 Å². The third kappa shape index (κ3) is 5.73. The summed E-state index contributed by atoms with van der Waals surface area (Å²) in [6.07, 6.45) is -4.08. The smallest absolute Gasteiger partial charge is 0.416 e. The van der Waals surface area contributed by atoms with E-state index in [0.717, 1.165) is 22.4 Å². The van der Waals surface area contributed by atoms with E-state index < -0.39 is 29.1 Å². The number of carbonyl (C=O) groups is 1. The van der Waals surface area contributed by atoms with Crippen LogP contribution in [0.15, 0.2) is 48.5 Å². The maximum atomic E-state index is 14.2. The number of hydrogen-bond donors (Lipinski definition) is 1. The molecule has 2 fully saturated rings. The van der Waals surface area contributed by atoms with Crippen LogP contribution in [0.2, 0.25) is 10.6 Å². The predicted molar refractivity (Wildman–Crippen MR) is 165 cm³/mol. The average Bonchev–Trinajstić information content (AvgIpc) is 3.53. The van der Waals surface area contributed by atoms with Gasteiger partial charge in [0.05, 0.1) is 34.1 Å². The fourth-order valence-electron chi connectivity index (χ4n) is 6.11. The molecule has 234 valence electrons. The first kappa shape index (κ1) is 30.6. The second kappa shape index (κ2) is 11.2. The number of amides is 2. The normalized spacial score (nSPS) is 23.0. The van der Waals surface area contributed by atoms with Crippen molar-refractivity contribution in [3.05, 3.63) is 59.1 Å². The number of aromatic nitrogens is 2. The Balaban J connectivity index is 1.32. The van der Waals surface area contributed by atoms with Crippen LogP contribution in [-0.2, 0) is 15.7 Å². The van der Waals surface area contributed by atoms with Crippen LogP contribution >= 0.6 is 11.6 Å². The molecule has 14 heteroatoms. The van der Waals surface area contributed by atoms with Gasteiger partial charge in [0.1, 0.15) is 18.5 Å². The Hall–Kier alpha value is -3.39. The van der Waals surface area contributed by atoms with Crippen molar-refractivity contribution in [2.75, 3.05) is 41.4 Å². The Kier molecular flexibility index (Phi) is 7.79. The van der Waals surface area contributed by atoms with Crippen LogP contribution in [0.4, 0.5) is 35.3 Å². The van der Waals surface area contributed by atoms with Crippen LogP contribution in [0.3, 0.4) is 0 Å². The topological polar surface area (TPSA) is 89.1 Å². The minimum atomic E-state index is -4.53. The van der Waals surface area contributed by atoms with Crippen LogP contribution in [-0.4, -0.2) is 70.0 Å². The highest BCUT2D eigenvalue weighted by molar-refractivity contribution is 6.33. The number of ether oxygens (including phenoxy) is 3. The van der Waals surface area contributed by atoms with E-state index >= 15 is 0 Å². The minimum Gasteiger partial charge on any atom is -0.475 e. The summed E-state index contributed by atoms with van der Waals surface area (Å²) in [6, 6.07) is 11.2. The van der Waals surface area contributed by atoms with Crippen molar-refractivity contribution < 1.29 is 32.2 Å². The average molecular weight is 648 g/mol. The summed E-state index contributed by atoms with van der Waals surface area (Å²) in [5, 5.41) is 3.12. The summed E-state index contributed by atoms with van der Waals surface area (Å²) >= 11 is 6.64. The number of fused-ring (bicyclic) bond motifs is 4. The highest BCUT2D eigenvalue weighted by atomic mass is 35.5. The molecule has 1 N–H and O–H groups in total. The second-order valence-electron chi connectivity index (χ2n) is 12.1. The lowest BCUT2D eigenvalue weighted by Gasteiger charge is -2.47. The third-order valence-corrected chi connectivity index (χ3v) is 9.76. The summed E-state index contributed by atoms with van der Waals surface area (Å²) < 4.78 is 57.8. The Morgan fingerprint density at radius 1 is 1.23 bits per heavy atom. The SMILES string of the molecule is C[C@H]([SiH3])C12CCN(C1)c1cc(Cl)c(-c3cccc(C(F)(F)F)c3)nc1N2C(=O)Nc1cccc(OC[C@H]2COC(C)(C)O2)n1. The van der Waals surface area contributed by atoms with Crippen LogP contribution in [0.25, 0.3) is 11.3 Å². The molecule has 3 aliphatic heterocycles. The van der Waals surface area contributed by atoms with Gasteiger partial charge in [-0.15, -0.1) is 0 Å². The fourth-order valence-corrected chi connectivity index (χ4v) is 7.09. The Labute approximate surface area is 261 Å². The standard InChI is InChI=1S/C30H33ClF3N5O4Si/c1-17(44)29-10-11-38(16-29)22-13-21(31)25(18-6-4-7-19(12-18)30(32,33)34)37-26(22)39(29)27(40)36-23-8-5-9-24(35-23)41-14-20-15-42-28(2,3)43-20/h4-9,12-13,17,20H,10-11,14-16H2,1-3,44H3,(H,35,36,40)/t17-,20-,29?/m0/s1. The van der Waals surface area contributed by atoms with Gasteiger partial charge in [-0.3, -0.25) is 10.2 Å². The van der Waals surface area contributed by atoms with Crippen LogP contribution < -0.4 is 19.9 Å². The Morgan fingerprint density at radius 3 is 2.70 bits per heavy atom. The van der Waals surface area contributed by atoms with Crippen molar-refractivity contribution in [3.8, 4) is 17.1 Å². The van der Waals surface area contributed by atoms with Gasteiger partial charge in [0, 0.05) is 35.0 Å². The molecule has 2 saturated heterocycles. The molecule has 44 heavy (non-hydrogen) atoms. The number of benzene rings is 1. The third-order valence-electron chi connectivity index (χ3n) is 8.40. The Morgan fingerprint density at radius 2 is 2.00 bits per heavy atom. The van der Waals surface area contributed by atoms with E-state index in [1.807, 2.05) is 13.8 Å². The molecule has 0 radical (unpaired) electrons. The fraction of sp³-hybridized carbons (Fsp3) is 0.433. The van der Waals surface area contributed by atoms with Gasteiger partial charge in [0.2, 0.25) is 5.88 Å². The van der Waals surface area contributed by atoms with Crippen LogP contribution in [0, 0.1) is 0 Å². The molecular weight excluding hydrogens is 615 g/mol.